The van der Waals surface area contributed by atoms with Crippen LogP contribution in [0.25, 0.3) is 16.7 Å². The number of aromatic nitrogens is 3. The summed E-state index contributed by atoms with van der Waals surface area (Å²) in [6, 6.07) is 20.1. The van der Waals surface area contributed by atoms with Gasteiger partial charge in [0.25, 0.3) is 0 Å². The Morgan fingerprint density at radius 3 is 2.77 bits per heavy atom. The zero-order chi connectivity index (χ0) is 17.5. The Bertz CT molecular complexity index is 1130. The SMILES string of the molecule is Clc1cccc([C@H]2C=C(c3cccnc3)Nc3nc4ccccc4n32)c1. The molecule has 0 saturated carbocycles. The molecule has 5 rings (SSSR count). The maximum Gasteiger partial charge on any atom is 0.209 e. The van der Waals surface area contributed by atoms with Crippen LogP contribution in [0.5, 0.6) is 0 Å². The molecule has 0 amide bonds. The Morgan fingerprint density at radius 2 is 1.92 bits per heavy atom. The summed E-state index contributed by atoms with van der Waals surface area (Å²) in [5.74, 6) is 0.817. The quantitative estimate of drug-likeness (QED) is 0.539. The predicted octanol–water partition coefficient (Wildman–Crippen LogP) is 5.14. The number of nitrogens with zero attached hydrogens (tertiary/aromatic N) is 3. The van der Waals surface area contributed by atoms with E-state index in [1.807, 2.05) is 54.7 Å². The van der Waals surface area contributed by atoms with Gasteiger partial charge in [0.05, 0.1) is 17.1 Å². The number of para-hydroxylation sites is 2. The van der Waals surface area contributed by atoms with Gasteiger partial charge in [-0.25, -0.2) is 4.98 Å². The van der Waals surface area contributed by atoms with Crippen LogP contribution in [0.2, 0.25) is 5.02 Å². The molecule has 126 valence electrons. The molecule has 4 aromatic rings. The van der Waals surface area contributed by atoms with Gasteiger partial charge in [-0.2, -0.15) is 0 Å². The highest BCUT2D eigenvalue weighted by atomic mass is 35.5. The molecule has 0 unspecified atom stereocenters. The van der Waals surface area contributed by atoms with Gasteiger partial charge in [0.1, 0.15) is 0 Å². The highest BCUT2D eigenvalue weighted by molar-refractivity contribution is 6.30. The van der Waals surface area contributed by atoms with Crippen LogP contribution in [-0.2, 0) is 0 Å². The van der Waals surface area contributed by atoms with E-state index in [2.05, 4.69) is 33.1 Å². The van der Waals surface area contributed by atoms with Crippen LogP contribution >= 0.6 is 11.6 Å². The lowest BCUT2D eigenvalue weighted by Crippen LogP contribution is -2.19. The van der Waals surface area contributed by atoms with Crippen molar-refractivity contribution in [3.63, 3.8) is 0 Å². The third-order valence-electron chi connectivity index (χ3n) is 4.61. The number of fused-ring (bicyclic) bond motifs is 3. The van der Waals surface area contributed by atoms with Crippen molar-refractivity contribution >= 4 is 34.3 Å². The number of anilines is 1. The van der Waals surface area contributed by atoms with Gasteiger partial charge in [0.15, 0.2) is 0 Å². The summed E-state index contributed by atoms with van der Waals surface area (Å²) in [5, 5.41) is 4.18. The lowest BCUT2D eigenvalue weighted by molar-refractivity contribution is 0.720. The van der Waals surface area contributed by atoms with Crippen molar-refractivity contribution in [2.24, 2.45) is 0 Å². The number of pyridine rings is 1. The summed E-state index contributed by atoms with van der Waals surface area (Å²) in [4.78, 5) is 9.03. The topological polar surface area (TPSA) is 42.7 Å². The maximum atomic E-state index is 6.27. The normalized spacial score (nSPS) is 16.0. The molecule has 1 aliphatic rings. The second kappa shape index (κ2) is 6.00. The molecule has 0 radical (unpaired) electrons. The first-order valence-electron chi connectivity index (χ1n) is 8.41. The summed E-state index contributed by atoms with van der Waals surface area (Å²) in [6.07, 6.45) is 5.83. The molecule has 2 aromatic heterocycles. The zero-order valence-corrected chi connectivity index (χ0v) is 14.6. The summed E-state index contributed by atoms with van der Waals surface area (Å²) >= 11 is 6.27. The van der Waals surface area contributed by atoms with E-state index in [9.17, 15) is 0 Å². The average Bonchev–Trinajstić information content (AvgIpc) is 3.06. The van der Waals surface area contributed by atoms with Gasteiger partial charge in [-0.15, -0.1) is 0 Å². The molecule has 1 aliphatic heterocycles. The van der Waals surface area contributed by atoms with E-state index >= 15 is 0 Å². The van der Waals surface area contributed by atoms with E-state index in [0.717, 1.165) is 38.8 Å². The Balaban J connectivity index is 1.74. The van der Waals surface area contributed by atoms with Gasteiger partial charge in [-0.1, -0.05) is 35.9 Å². The fourth-order valence-electron chi connectivity index (χ4n) is 3.44. The first kappa shape index (κ1) is 15.2. The monoisotopic (exact) mass is 358 g/mol. The van der Waals surface area contributed by atoms with E-state index < -0.39 is 0 Å². The molecule has 4 nitrogen and oxygen atoms in total. The molecule has 0 aliphatic carbocycles. The van der Waals surface area contributed by atoms with E-state index in [1.165, 1.54) is 0 Å². The Morgan fingerprint density at radius 1 is 1.00 bits per heavy atom. The number of hydrogen-bond donors (Lipinski definition) is 1. The number of nitrogens with one attached hydrogen (secondary N) is 1. The number of halogens is 1. The smallest absolute Gasteiger partial charge is 0.209 e. The van der Waals surface area contributed by atoms with Gasteiger partial charge >= 0.3 is 0 Å². The van der Waals surface area contributed by atoms with Crippen LogP contribution in [0, 0.1) is 0 Å². The molecule has 5 heteroatoms. The highest BCUT2D eigenvalue weighted by Crippen LogP contribution is 2.37. The fourth-order valence-corrected chi connectivity index (χ4v) is 3.63. The number of rotatable bonds is 2. The van der Waals surface area contributed by atoms with Gasteiger partial charge in [0, 0.05) is 28.7 Å². The maximum absolute atomic E-state index is 6.27. The van der Waals surface area contributed by atoms with E-state index in [0.29, 0.717) is 0 Å². The summed E-state index contributed by atoms with van der Waals surface area (Å²) in [5.41, 5.74) is 5.18. The number of hydrogen-bond acceptors (Lipinski definition) is 3. The Hall–Kier alpha value is -3.11. The summed E-state index contributed by atoms with van der Waals surface area (Å²) in [7, 11) is 0. The van der Waals surface area contributed by atoms with Crippen molar-refractivity contribution < 1.29 is 0 Å². The lowest BCUT2D eigenvalue weighted by Gasteiger charge is -2.26. The number of benzene rings is 2. The molecule has 0 fully saturated rings. The molecule has 0 bridgehead atoms. The second-order valence-corrected chi connectivity index (χ2v) is 6.68. The second-order valence-electron chi connectivity index (χ2n) is 6.24. The molecule has 1 N–H and O–H groups in total. The first-order valence-corrected chi connectivity index (χ1v) is 8.79. The van der Waals surface area contributed by atoms with E-state index in [4.69, 9.17) is 16.6 Å². The molecule has 0 spiro atoms. The number of allylic oxidation sites excluding steroid dienone is 1. The molecule has 3 heterocycles. The molecular formula is C21H15ClN4. The standard InChI is InChI=1S/C21H15ClN4/c22-16-7-3-5-14(11-16)20-12-18(15-6-4-10-23-13-15)25-21-24-17-8-1-2-9-19(17)26(20)21/h1-13,20H,(H,24,25)/t20-/m1/s1. The van der Waals surface area contributed by atoms with Crippen molar-refractivity contribution in [2.45, 2.75) is 6.04 Å². The van der Waals surface area contributed by atoms with Crippen LogP contribution in [0.1, 0.15) is 17.2 Å². The summed E-state index contributed by atoms with van der Waals surface area (Å²) < 4.78 is 2.21. The van der Waals surface area contributed by atoms with Crippen molar-refractivity contribution in [3.8, 4) is 0 Å². The molecule has 1 atom stereocenters. The van der Waals surface area contributed by atoms with Crippen LogP contribution in [-0.4, -0.2) is 14.5 Å². The van der Waals surface area contributed by atoms with Gasteiger partial charge < -0.3 is 5.32 Å². The Labute approximate surface area is 155 Å². The van der Waals surface area contributed by atoms with Gasteiger partial charge in [-0.3, -0.25) is 9.55 Å². The van der Waals surface area contributed by atoms with E-state index in [1.54, 1.807) is 6.20 Å². The van der Waals surface area contributed by atoms with Crippen molar-refractivity contribution in [2.75, 3.05) is 5.32 Å². The average molecular weight is 359 g/mol. The minimum Gasteiger partial charge on any atom is -0.325 e. The Kier molecular flexibility index (Phi) is 3.50. The van der Waals surface area contributed by atoms with Crippen molar-refractivity contribution in [1.82, 2.24) is 14.5 Å². The minimum absolute atomic E-state index is 0.00689. The zero-order valence-electron chi connectivity index (χ0n) is 13.8. The fraction of sp³-hybridized carbons (Fsp3) is 0.0476. The van der Waals surface area contributed by atoms with Crippen LogP contribution < -0.4 is 5.32 Å². The van der Waals surface area contributed by atoms with Crippen LogP contribution in [0.15, 0.2) is 79.1 Å². The molecular weight excluding hydrogens is 344 g/mol. The summed E-state index contributed by atoms with van der Waals surface area (Å²) in [6.45, 7) is 0. The van der Waals surface area contributed by atoms with Crippen LogP contribution in [0.4, 0.5) is 5.95 Å². The van der Waals surface area contributed by atoms with Gasteiger partial charge in [-0.05, 0) is 48.0 Å². The highest BCUT2D eigenvalue weighted by Gasteiger charge is 2.25. The third kappa shape index (κ3) is 2.47. The molecule has 0 saturated heterocycles. The van der Waals surface area contributed by atoms with E-state index in [-0.39, 0.29) is 6.04 Å². The predicted molar refractivity (Wildman–Crippen MR) is 105 cm³/mol. The molecule has 26 heavy (non-hydrogen) atoms. The largest absolute Gasteiger partial charge is 0.325 e. The third-order valence-corrected chi connectivity index (χ3v) is 4.84. The van der Waals surface area contributed by atoms with Crippen molar-refractivity contribution in [1.29, 1.82) is 0 Å². The van der Waals surface area contributed by atoms with Crippen molar-refractivity contribution in [3.05, 3.63) is 95.3 Å². The lowest BCUT2D eigenvalue weighted by atomic mass is 10.0. The first-order chi connectivity index (χ1) is 12.8. The number of imidazole rings is 1. The molecule has 2 aromatic carbocycles. The van der Waals surface area contributed by atoms with Crippen LogP contribution in [0.3, 0.4) is 0 Å². The minimum atomic E-state index is -0.00689. The van der Waals surface area contributed by atoms with Gasteiger partial charge in [0.2, 0.25) is 5.95 Å².